The number of aromatic nitrogens is 2. The number of carbonyl (C=O) groups excluding carboxylic acids is 2. The average Bonchev–Trinajstić information content (AvgIpc) is 3.09. The lowest BCUT2D eigenvalue weighted by molar-refractivity contribution is -0.120. The summed E-state index contributed by atoms with van der Waals surface area (Å²) in [5.41, 5.74) is 2.45. The summed E-state index contributed by atoms with van der Waals surface area (Å²) in [6.45, 7) is 8.47. The van der Waals surface area contributed by atoms with Crippen LogP contribution in [0.5, 0.6) is 0 Å². The number of amides is 2. The summed E-state index contributed by atoms with van der Waals surface area (Å²) in [6, 6.07) is 3.77. The number of piperidine rings is 1. The first kappa shape index (κ1) is 17.3. The van der Waals surface area contributed by atoms with Crippen molar-refractivity contribution in [2.45, 2.75) is 46.6 Å². The molecule has 2 aromatic heterocycles. The molecule has 2 amide bonds. The van der Waals surface area contributed by atoms with Crippen molar-refractivity contribution in [3.05, 3.63) is 34.8 Å². The van der Waals surface area contributed by atoms with E-state index in [2.05, 4.69) is 10.5 Å². The topological polar surface area (TPSA) is 80.4 Å². The summed E-state index contributed by atoms with van der Waals surface area (Å²) in [6.07, 6.45) is 1.79. The monoisotopic (exact) mass is 344 g/mol. The highest BCUT2D eigenvalue weighted by Gasteiger charge is 2.27. The zero-order valence-corrected chi connectivity index (χ0v) is 15.1. The Morgan fingerprint density at radius 2 is 2.04 bits per heavy atom. The zero-order chi connectivity index (χ0) is 18.1. The third-order valence-electron chi connectivity index (χ3n) is 4.62. The Labute approximate surface area is 147 Å². The molecule has 3 rings (SSSR count). The fourth-order valence-electron chi connectivity index (χ4n) is 3.53. The van der Waals surface area contributed by atoms with Gasteiger partial charge >= 0.3 is 0 Å². The fourth-order valence-corrected chi connectivity index (χ4v) is 3.53. The van der Waals surface area contributed by atoms with Gasteiger partial charge in [0, 0.05) is 43.5 Å². The van der Waals surface area contributed by atoms with Crippen LogP contribution in [-0.4, -0.2) is 45.6 Å². The van der Waals surface area contributed by atoms with Gasteiger partial charge in [0.1, 0.15) is 5.76 Å². The van der Waals surface area contributed by atoms with Crippen LogP contribution < -0.4 is 5.32 Å². The summed E-state index contributed by atoms with van der Waals surface area (Å²) in [5, 5.41) is 6.97. The number of aryl methyl sites for hydroxylation is 2. The number of hydrogen-bond acceptors (Lipinski definition) is 4. The van der Waals surface area contributed by atoms with E-state index in [-0.39, 0.29) is 17.9 Å². The maximum Gasteiger partial charge on any atom is 0.255 e. The van der Waals surface area contributed by atoms with Gasteiger partial charge in [-0.05, 0) is 39.7 Å². The third kappa shape index (κ3) is 3.45. The van der Waals surface area contributed by atoms with Crippen molar-refractivity contribution < 1.29 is 14.1 Å². The molecule has 0 aromatic carbocycles. The standard InChI is InChI=1S/C18H24N4O3/c1-11-8-16(13(3)22(11)17-9-12(2)25-20-17)18(24)21-7-5-6-15(10-21)19-14(4)23/h8-9,15H,5-7,10H2,1-4H3,(H,19,23)/t15-/m0/s1. The van der Waals surface area contributed by atoms with E-state index in [0.29, 0.717) is 24.5 Å². The van der Waals surface area contributed by atoms with Crippen molar-refractivity contribution in [3.63, 3.8) is 0 Å². The molecule has 25 heavy (non-hydrogen) atoms. The van der Waals surface area contributed by atoms with E-state index in [9.17, 15) is 9.59 Å². The van der Waals surface area contributed by atoms with E-state index in [4.69, 9.17) is 4.52 Å². The highest BCUT2D eigenvalue weighted by Crippen LogP contribution is 2.23. The zero-order valence-electron chi connectivity index (χ0n) is 15.1. The molecule has 1 aliphatic rings. The highest BCUT2D eigenvalue weighted by molar-refractivity contribution is 5.96. The number of carbonyl (C=O) groups is 2. The SMILES string of the molecule is CC(=O)N[C@H]1CCCN(C(=O)c2cc(C)n(-c3cc(C)on3)c2C)C1. The van der Waals surface area contributed by atoms with E-state index in [1.165, 1.54) is 6.92 Å². The van der Waals surface area contributed by atoms with E-state index >= 15 is 0 Å². The Morgan fingerprint density at radius 3 is 2.68 bits per heavy atom. The Kier molecular flexibility index (Phi) is 4.65. The number of rotatable bonds is 3. The van der Waals surface area contributed by atoms with Gasteiger partial charge in [-0.25, -0.2) is 0 Å². The van der Waals surface area contributed by atoms with E-state index in [1.807, 2.05) is 42.4 Å². The molecule has 0 aliphatic carbocycles. The van der Waals surface area contributed by atoms with Crippen LogP contribution in [-0.2, 0) is 4.79 Å². The Balaban J connectivity index is 1.84. The van der Waals surface area contributed by atoms with Gasteiger partial charge in [-0.1, -0.05) is 5.16 Å². The first-order valence-corrected chi connectivity index (χ1v) is 8.56. The predicted molar refractivity (Wildman–Crippen MR) is 92.8 cm³/mol. The van der Waals surface area contributed by atoms with Crippen LogP contribution in [0.1, 0.15) is 47.3 Å². The summed E-state index contributed by atoms with van der Waals surface area (Å²) in [4.78, 5) is 26.1. The van der Waals surface area contributed by atoms with Gasteiger partial charge in [0.05, 0.1) is 5.56 Å². The van der Waals surface area contributed by atoms with E-state index in [0.717, 1.165) is 30.0 Å². The van der Waals surface area contributed by atoms with Crippen molar-refractivity contribution >= 4 is 11.8 Å². The molecular weight excluding hydrogens is 320 g/mol. The van der Waals surface area contributed by atoms with Crippen LogP contribution in [0.2, 0.25) is 0 Å². The first-order valence-electron chi connectivity index (χ1n) is 8.56. The molecule has 7 heteroatoms. The van der Waals surface area contributed by atoms with Gasteiger partial charge in [0.2, 0.25) is 5.91 Å². The molecule has 1 fully saturated rings. The predicted octanol–water partition coefficient (Wildman–Crippen LogP) is 2.13. The second-order valence-electron chi connectivity index (χ2n) is 6.71. The maximum absolute atomic E-state index is 13.0. The lowest BCUT2D eigenvalue weighted by atomic mass is 10.0. The van der Waals surface area contributed by atoms with E-state index in [1.54, 1.807) is 0 Å². The van der Waals surface area contributed by atoms with Crippen molar-refractivity contribution in [1.29, 1.82) is 0 Å². The van der Waals surface area contributed by atoms with Gasteiger partial charge < -0.3 is 14.7 Å². The molecule has 1 saturated heterocycles. The molecule has 1 N–H and O–H groups in total. The second-order valence-corrected chi connectivity index (χ2v) is 6.71. The highest BCUT2D eigenvalue weighted by atomic mass is 16.5. The minimum absolute atomic E-state index is 0.00498. The van der Waals surface area contributed by atoms with Crippen LogP contribution >= 0.6 is 0 Å². The van der Waals surface area contributed by atoms with Crippen molar-refractivity contribution in [2.75, 3.05) is 13.1 Å². The molecule has 2 aromatic rings. The van der Waals surface area contributed by atoms with Crippen LogP contribution in [0.4, 0.5) is 0 Å². The summed E-state index contributed by atoms with van der Waals surface area (Å²) < 4.78 is 7.09. The molecule has 0 radical (unpaired) electrons. The Morgan fingerprint density at radius 1 is 1.28 bits per heavy atom. The van der Waals surface area contributed by atoms with Crippen molar-refractivity contribution in [1.82, 2.24) is 19.9 Å². The maximum atomic E-state index is 13.0. The van der Waals surface area contributed by atoms with Gasteiger partial charge in [-0.3, -0.25) is 14.2 Å². The summed E-state index contributed by atoms with van der Waals surface area (Å²) >= 11 is 0. The first-order chi connectivity index (χ1) is 11.9. The van der Waals surface area contributed by atoms with Gasteiger partial charge in [-0.15, -0.1) is 0 Å². The molecule has 134 valence electrons. The molecule has 1 atom stereocenters. The average molecular weight is 344 g/mol. The minimum Gasteiger partial charge on any atom is -0.360 e. The van der Waals surface area contributed by atoms with Crippen LogP contribution in [0, 0.1) is 20.8 Å². The summed E-state index contributed by atoms with van der Waals surface area (Å²) in [7, 11) is 0. The Bertz CT molecular complexity index is 805. The lowest BCUT2D eigenvalue weighted by Crippen LogP contribution is -2.49. The normalized spacial score (nSPS) is 17.6. The molecule has 7 nitrogen and oxygen atoms in total. The minimum atomic E-state index is -0.0566. The van der Waals surface area contributed by atoms with Gasteiger partial charge in [0.15, 0.2) is 5.82 Å². The number of likely N-dealkylation sites (tertiary alicyclic amines) is 1. The molecule has 3 heterocycles. The van der Waals surface area contributed by atoms with Crippen LogP contribution in [0.25, 0.3) is 5.82 Å². The summed E-state index contributed by atoms with van der Waals surface area (Å²) in [5.74, 6) is 1.35. The number of hydrogen-bond donors (Lipinski definition) is 1. The van der Waals surface area contributed by atoms with Gasteiger partial charge in [-0.2, -0.15) is 0 Å². The van der Waals surface area contributed by atoms with Gasteiger partial charge in [0.25, 0.3) is 5.91 Å². The number of nitrogens with one attached hydrogen (secondary N) is 1. The van der Waals surface area contributed by atoms with Crippen LogP contribution in [0.3, 0.4) is 0 Å². The van der Waals surface area contributed by atoms with Crippen LogP contribution in [0.15, 0.2) is 16.7 Å². The largest absolute Gasteiger partial charge is 0.360 e. The number of nitrogens with zero attached hydrogens (tertiary/aromatic N) is 3. The van der Waals surface area contributed by atoms with Crippen molar-refractivity contribution in [3.8, 4) is 5.82 Å². The smallest absolute Gasteiger partial charge is 0.255 e. The second kappa shape index (κ2) is 6.74. The third-order valence-corrected chi connectivity index (χ3v) is 4.62. The van der Waals surface area contributed by atoms with Crippen molar-refractivity contribution in [2.24, 2.45) is 0 Å². The molecule has 0 spiro atoms. The quantitative estimate of drug-likeness (QED) is 0.925. The molecule has 0 bridgehead atoms. The lowest BCUT2D eigenvalue weighted by Gasteiger charge is -2.33. The Hall–Kier alpha value is -2.57. The molecular formula is C18H24N4O3. The molecule has 0 unspecified atom stereocenters. The molecule has 0 saturated carbocycles. The fraction of sp³-hybridized carbons (Fsp3) is 0.500. The van der Waals surface area contributed by atoms with E-state index < -0.39 is 0 Å². The molecule has 1 aliphatic heterocycles.